The van der Waals surface area contributed by atoms with Crippen LogP contribution in [0.25, 0.3) is 46.2 Å². The largest absolute Gasteiger partial charge is 0.355 e. The van der Waals surface area contributed by atoms with E-state index in [1.54, 1.807) is 0 Å². The molecule has 0 amide bonds. The number of fused-ring (bicyclic) bond motifs is 11. The molecule has 35 heavy (non-hydrogen) atoms. The maximum atomic E-state index is 3.67. The van der Waals surface area contributed by atoms with Crippen LogP contribution in [0.1, 0.15) is 22.8 Å². The third-order valence-electron chi connectivity index (χ3n) is 6.40. The summed E-state index contributed by atoms with van der Waals surface area (Å²) in [5.41, 5.74) is 6.60. The number of aromatic amines is 4. The summed E-state index contributed by atoms with van der Waals surface area (Å²) in [5, 5.41) is 6.68. The molecule has 5 heteroatoms. The second-order valence-electron chi connectivity index (χ2n) is 8.73. The first-order valence-electron chi connectivity index (χ1n) is 11.4. The quantitative estimate of drug-likeness (QED) is 0.248. The smallest absolute Gasteiger partial charge is 0.0485 e. The molecule has 0 radical (unpaired) electrons. The Morgan fingerprint density at radius 1 is 0.457 bits per heavy atom. The molecule has 4 N–H and O–H groups in total. The van der Waals surface area contributed by atoms with Gasteiger partial charge >= 0.3 is 0 Å². The van der Waals surface area contributed by atoms with Crippen LogP contribution in [0.5, 0.6) is 0 Å². The monoisotopic (exact) mass is 502 g/mol. The van der Waals surface area contributed by atoms with Crippen molar-refractivity contribution in [1.29, 1.82) is 0 Å². The van der Waals surface area contributed by atoms with Crippen molar-refractivity contribution in [2.45, 2.75) is 0 Å². The van der Waals surface area contributed by atoms with Gasteiger partial charge in [0.1, 0.15) is 0 Å². The Morgan fingerprint density at radius 3 is 1.83 bits per heavy atom. The molecule has 4 nitrogen and oxygen atoms in total. The van der Waals surface area contributed by atoms with Gasteiger partial charge in [-0.15, -0.1) is 0 Å². The fourth-order valence-corrected chi connectivity index (χ4v) is 4.83. The molecule has 0 atom stereocenters. The molecule has 6 aromatic rings. The van der Waals surface area contributed by atoms with Gasteiger partial charge in [0.25, 0.3) is 0 Å². The van der Waals surface area contributed by atoms with Crippen LogP contribution in [0.3, 0.4) is 0 Å². The zero-order valence-corrected chi connectivity index (χ0v) is 22.1. The summed E-state index contributed by atoms with van der Waals surface area (Å²) in [6.07, 6.45) is 8.68. The maximum absolute atomic E-state index is 3.67. The number of hydrogen-bond acceptors (Lipinski definition) is 0. The van der Waals surface area contributed by atoms with Crippen molar-refractivity contribution < 1.29 is 19.5 Å². The van der Waals surface area contributed by atoms with E-state index >= 15 is 0 Å². The minimum Gasteiger partial charge on any atom is -0.355 e. The number of H-pyrrole nitrogens is 4. The van der Waals surface area contributed by atoms with Crippen LogP contribution >= 0.6 is 0 Å². The van der Waals surface area contributed by atoms with Crippen molar-refractivity contribution in [3.8, 4) is 11.1 Å². The van der Waals surface area contributed by atoms with E-state index in [2.05, 4.69) is 129 Å². The van der Waals surface area contributed by atoms with Gasteiger partial charge in [-0.05, 0) is 60.2 Å². The zero-order valence-electron chi connectivity index (χ0n) is 19.1. The topological polar surface area (TPSA) is 63.2 Å². The summed E-state index contributed by atoms with van der Waals surface area (Å²) in [6, 6.07) is 29.7. The van der Waals surface area contributed by atoms with Crippen molar-refractivity contribution in [3.63, 3.8) is 0 Å². The van der Waals surface area contributed by atoms with Gasteiger partial charge in [-0.3, -0.25) is 0 Å². The summed E-state index contributed by atoms with van der Waals surface area (Å²) >= 11 is 0. The van der Waals surface area contributed by atoms with E-state index in [1.165, 1.54) is 21.9 Å². The molecule has 1 aliphatic rings. The van der Waals surface area contributed by atoms with Gasteiger partial charge in [0, 0.05) is 80.0 Å². The minimum atomic E-state index is 0. The van der Waals surface area contributed by atoms with Crippen LogP contribution in [0.15, 0.2) is 84.9 Å². The number of aromatic nitrogens is 4. The van der Waals surface area contributed by atoms with Gasteiger partial charge < -0.3 is 19.9 Å². The number of hydrogen-bond donors (Lipinski definition) is 4. The Morgan fingerprint density at radius 2 is 1.09 bits per heavy atom. The molecule has 164 valence electrons. The van der Waals surface area contributed by atoms with Crippen LogP contribution in [0.4, 0.5) is 0 Å². The molecule has 1 aliphatic heterocycles. The predicted octanol–water partition coefficient (Wildman–Crippen LogP) is 3.45. The fraction of sp³-hybridized carbons (Fsp3) is 0. The van der Waals surface area contributed by atoms with Crippen molar-refractivity contribution in [1.82, 2.24) is 19.9 Å². The average molecular weight is 504 g/mol. The second kappa shape index (κ2) is 8.61. The molecule has 0 fully saturated rings. The molecule has 0 saturated heterocycles. The van der Waals surface area contributed by atoms with Crippen molar-refractivity contribution in [3.05, 3.63) is 129 Å². The van der Waals surface area contributed by atoms with E-state index < -0.39 is 0 Å². The Hall–Kier alpha value is -4.08. The molecule has 8 bridgehead atoms. The van der Waals surface area contributed by atoms with Gasteiger partial charge in [-0.1, -0.05) is 54.6 Å². The van der Waals surface area contributed by atoms with Gasteiger partial charge in [-0.25, -0.2) is 0 Å². The molecule has 0 saturated carbocycles. The van der Waals surface area contributed by atoms with E-state index in [-0.39, 0.29) is 19.5 Å². The Bertz CT molecular complexity index is 1910. The van der Waals surface area contributed by atoms with E-state index in [4.69, 9.17) is 0 Å². The summed E-state index contributed by atoms with van der Waals surface area (Å²) < 4.78 is 0. The maximum Gasteiger partial charge on any atom is 0.0485 e. The summed E-state index contributed by atoms with van der Waals surface area (Å²) in [4.78, 5) is 14.3. The third-order valence-corrected chi connectivity index (χ3v) is 6.40. The molecule has 7 rings (SSSR count). The van der Waals surface area contributed by atoms with Crippen LogP contribution in [-0.2, 0) is 19.5 Å². The molecule has 0 unspecified atom stereocenters. The van der Waals surface area contributed by atoms with Crippen LogP contribution in [0, 0.1) is 0 Å². The Balaban J connectivity index is 0.00000229. The number of benzene rings is 2. The molecule has 2 aromatic carbocycles. The first kappa shape index (κ1) is 21.5. The summed E-state index contributed by atoms with van der Waals surface area (Å²) in [5.74, 6) is 0. The van der Waals surface area contributed by atoms with E-state index in [0.717, 1.165) is 44.2 Å². The van der Waals surface area contributed by atoms with Gasteiger partial charge in [0.05, 0.1) is 0 Å². The summed E-state index contributed by atoms with van der Waals surface area (Å²) in [6.45, 7) is 0. The fourth-order valence-electron chi connectivity index (χ4n) is 4.83. The van der Waals surface area contributed by atoms with Crippen molar-refractivity contribution in [2.24, 2.45) is 0 Å². The van der Waals surface area contributed by atoms with Crippen LogP contribution in [-0.4, -0.2) is 19.9 Å². The standard InChI is InChI=1S/C30H22N4.Zn/c1-2-6-19(7-3-1)27-16-24-15-22-11-10-20(31-22)14-21-12-13-23(32-21)17-28-25-8-4-5-9-26(25)29(34-28)18-30(27)33-24;/h1-18,31-34H;. The Kier molecular flexibility index (Phi) is 5.28. The molecule has 0 aliphatic carbocycles. The third kappa shape index (κ3) is 3.94. The van der Waals surface area contributed by atoms with Crippen LogP contribution < -0.4 is 21.4 Å². The van der Waals surface area contributed by atoms with E-state index in [9.17, 15) is 0 Å². The van der Waals surface area contributed by atoms with Gasteiger partial charge in [0.2, 0.25) is 0 Å². The molecule has 4 aromatic heterocycles. The van der Waals surface area contributed by atoms with Crippen molar-refractivity contribution >= 4 is 35.1 Å². The number of nitrogens with one attached hydrogen (secondary N) is 4. The molecular formula is C30H22N4Zn. The molecule has 5 heterocycles. The molecular weight excluding hydrogens is 482 g/mol. The number of rotatable bonds is 1. The normalized spacial score (nSPS) is 12.1. The van der Waals surface area contributed by atoms with Gasteiger partial charge in [-0.2, -0.15) is 0 Å². The second-order valence-corrected chi connectivity index (χ2v) is 8.73. The Labute approximate surface area is 214 Å². The first-order chi connectivity index (χ1) is 16.8. The van der Waals surface area contributed by atoms with E-state index in [0.29, 0.717) is 0 Å². The van der Waals surface area contributed by atoms with Gasteiger partial charge in [0.15, 0.2) is 0 Å². The zero-order chi connectivity index (χ0) is 22.5. The SMILES string of the molecule is C1=c2ccc([nH]2)=Cc2cc(-c3ccccc3)c([nH]2)C=c2[nH]c(c3ccccc23)=Cc2ccc1[nH]2.[Zn]. The molecule has 0 spiro atoms. The van der Waals surface area contributed by atoms with Crippen LogP contribution in [0.2, 0.25) is 0 Å². The first-order valence-corrected chi connectivity index (χ1v) is 11.4. The predicted molar refractivity (Wildman–Crippen MR) is 139 cm³/mol. The minimum absolute atomic E-state index is 0. The average Bonchev–Trinajstić information content (AvgIpc) is 3.64. The van der Waals surface area contributed by atoms with Crippen molar-refractivity contribution in [2.75, 3.05) is 0 Å². The summed E-state index contributed by atoms with van der Waals surface area (Å²) in [7, 11) is 0. The van der Waals surface area contributed by atoms with E-state index in [1.807, 2.05) is 0 Å².